The lowest BCUT2D eigenvalue weighted by molar-refractivity contribution is -0.0438. The number of aliphatic hydroxyl groups is 1. The Bertz CT molecular complexity index is 1600. The molecule has 2 amide bonds. The first kappa shape index (κ1) is 22.4. The summed E-state index contributed by atoms with van der Waals surface area (Å²) in [5.74, 6) is 2.25. The minimum Gasteiger partial charge on any atom is -0.460 e. The number of nitrogens with one attached hydrogen (secondary N) is 1. The summed E-state index contributed by atoms with van der Waals surface area (Å²) < 4.78 is 13.8. The lowest BCUT2D eigenvalue weighted by Crippen LogP contribution is -2.68. The number of carbonyl (C=O) groups excluding carboxylic acids is 2. The van der Waals surface area contributed by atoms with Gasteiger partial charge in [0.2, 0.25) is 0 Å². The Hall–Kier alpha value is -3.85. The van der Waals surface area contributed by atoms with Crippen molar-refractivity contribution in [2.75, 3.05) is 6.54 Å². The Morgan fingerprint density at radius 3 is 2.68 bits per heavy atom. The van der Waals surface area contributed by atoms with Gasteiger partial charge in [-0.25, -0.2) is 4.52 Å². The first-order chi connectivity index (χ1) is 17.7. The maximum Gasteiger partial charge on any atom is 0.256 e. The number of nitrogens with zero attached hydrogens (tertiary/aromatic N) is 3. The maximum atomic E-state index is 13.1. The van der Waals surface area contributed by atoms with Crippen LogP contribution in [0.5, 0.6) is 11.5 Å². The molecule has 9 heteroatoms. The van der Waals surface area contributed by atoms with Crippen molar-refractivity contribution < 1.29 is 23.8 Å². The highest BCUT2D eigenvalue weighted by Crippen LogP contribution is 2.57. The first-order valence-corrected chi connectivity index (χ1v) is 12.7. The van der Waals surface area contributed by atoms with E-state index in [4.69, 9.17) is 9.15 Å². The van der Waals surface area contributed by atoms with Gasteiger partial charge in [-0.2, -0.15) is 5.10 Å². The summed E-state index contributed by atoms with van der Waals surface area (Å²) in [4.78, 5) is 27.8. The highest BCUT2D eigenvalue weighted by atomic mass is 16.5. The second kappa shape index (κ2) is 7.58. The fraction of sp³-hybridized carbons (Fsp3) is 0.393. The smallest absolute Gasteiger partial charge is 0.256 e. The zero-order chi connectivity index (χ0) is 25.6. The Kier molecular flexibility index (Phi) is 4.58. The Morgan fingerprint density at radius 2 is 2.00 bits per heavy atom. The molecule has 4 aromatic rings. The molecule has 3 aromatic heterocycles. The summed E-state index contributed by atoms with van der Waals surface area (Å²) in [6.07, 6.45) is 6.07. The van der Waals surface area contributed by atoms with Crippen LogP contribution < -0.4 is 10.1 Å². The number of amides is 2. The third kappa shape index (κ3) is 3.23. The molecule has 2 atom stereocenters. The minimum absolute atomic E-state index is 0.00362. The second-order valence-electron chi connectivity index (χ2n) is 10.9. The number of carbonyl (C=O) groups is 2. The van der Waals surface area contributed by atoms with E-state index in [9.17, 15) is 14.7 Å². The van der Waals surface area contributed by atoms with Crippen molar-refractivity contribution in [3.8, 4) is 11.5 Å². The van der Waals surface area contributed by atoms with Gasteiger partial charge >= 0.3 is 0 Å². The number of rotatable bonds is 5. The number of hydrogen-bond acceptors (Lipinski definition) is 6. The quantitative estimate of drug-likeness (QED) is 0.429. The number of likely N-dealkylation sites (tertiary alicyclic amines) is 1. The average Bonchev–Trinajstić information content (AvgIpc) is 3.34. The first-order valence-electron chi connectivity index (χ1n) is 12.7. The van der Waals surface area contributed by atoms with Crippen LogP contribution in [-0.4, -0.2) is 55.7 Å². The molecule has 190 valence electrons. The topological polar surface area (TPSA) is 109 Å². The predicted molar refractivity (Wildman–Crippen MR) is 135 cm³/mol. The van der Waals surface area contributed by atoms with E-state index >= 15 is 0 Å². The minimum atomic E-state index is -0.492. The van der Waals surface area contributed by atoms with Crippen molar-refractivity contribution in [2.24, 2.45) is 5.92 Å². The zero-order valence-electron chi connectivity index (χ0n) is 20.9. The molecular weight excluding hydrogens is 472 g/mol. The number of hydrogen-bond donors (Lipinski definition) is 2. The molecule has 8 rings (SSSR count). The Morgan fingerprint density at radius 1 is 1.22 bits per heavy atom. The van der Waals surface area contributed by atoms with Gasteiger partial charge in [-0.15, -0.1) is 0 Å². The van der Waals surface area contributed by atoms with Crippen molar-refractivity contribution in [3.05, 3.63) is 59.1 Å². The molecule has 1 aliphatic heterocycles. The van der Waals surface area contributed by atoms with Crippen LogP contribution >= 0.6 is 0 Å². The molecule has 3 saturated carbocycles. The van der Waals surface area contributed by atoms with E-state index < -0.39 is 6.10 Å². The van der Waals surface area contributed by atoms with Crippen molar-refractivity contribution in [1.29, 1.82) is 0 Å². The number of β-amino-alcohol motifs (C(OH)–C–C–N with tert-alkyl or cyclic N) is 1. The molecule has 4 heterocycles. The van der Waals surface area contributed by atoms with Gasteiger partial charge in [0.25, 0.3) is 11.8 Å². The van der Waals surface area contributed by atoms with Gasteiger partial charge in [0, 0.05) is 35.8 Å². The normalized spacial score (nSPS) is 25.9. The third-order valence-electron chi connectivity index (χ3n) is 8.52. The van der Waals surface area contributed by atoms with Crippen LogP contribution in [-0.2, 0) is 0 Å². The van der Waals surface area contributed by atoms with Crippen molar-refractivity contribution >= 4 is 28.3 Å². The molecule has 2 bridgehead atoms. The molecule has 0 unspecified atom stereocenters. The number of furan rings is 1. The number of aromatic nitrogens is 2. The monoisotopic (exact) mass is 500 g/mol. The summed E-state index contributed by atoms with van der Waals surface area (Å²) in [5, 5.41) is 18.2. The lowest BCUT2D eigenvalue weighted by atomic mass is 9.50. The summed E-state index contributed by atoms with van der Waals surface area (Å²) in [7, 11) is 0. The standard InChI is InChI=1S/C28H28N4O5/c1-14-20(27(35)31-13-21(33)15(31)2)12-32-25(14)22(6-7-29-32)37-18-4-5-19-23(8-18)36-16(3)24(19)26(34)30-28-9-17(10-28)11-28/h4-8,12,15,17,21,33H,9-11,13H2,1-3H3,(H,30,34)/t15-,17?,21-,28?/m1/s1. The van der Waals surface area contributed by atoms with E-state index in [-0.39, 0.29) is 23.4 Å². The van der Waals surface area contributed by atoms with Crippen LogP contribution in [0.4, 0.5) is 0 Å². The van der Waals surface area contributed by atoms with Gasteiger partial charge in [0.1, 0.15) is 22.6 Å². The van der Waals surface area contributed by atoms with Crippen LogP contribution in [0.3, 0.4) is 0 Å². The Balaban J connectivity index is 1.18. The van der Waals surface area contributed by atoms with Crippen molar-refractivity contribution in [2.45, 2.75) is 57.7 Å². The summed E-state index contributed by atoms with van der Waals surface area (Å²) in [6.45, 7) is 5.84. The van der Waals surface area contributed by atoms with E-state index in [0.29, 0.717) is 46.0 Å². The van der Waals surface area contributed by atoms with Crippen LogP contribution in [0.15, 0.2) is 41.1 Å². The summed E-state index contributed by atoms with van der Waals surface area (Å²) >= 11 is 0. The van der Waals surface area contributed by atoms with Crippen molar-refractivity contribution in [1.82, 2.24) is 19.8 Å². The molecule has 9 nitrogen and oxygen atoms in total. The van der Waals surface area contributed by atoms with Crippen LogP contribution in [0.2, 0.25) is 0 Å². The van der Waals surface area contributed by atoms with E-state index in [1.54, 1.807) is 33.9 Å². The summed E-state index contributed by atoms with van der Waals surface area (Å²) in [6, 6.07) is 7.00. The van der Waals surface area contributed by atoms with Gasteiger partial charge < -0.3 is 24.5 Å². The largest absolute Gasteiger partial charge is 0.460 e. The molecular formula is C28H28N4O5. The van der Waals surface area contributed by atoms with Crippen LogP contribution in [0.1, 0.15) is 58.2 Å². The number of ether oxygens (including phenoxy) is 1. The van der Waals surface area contributed by atoms with Gasteiger partial charge in [-0.1, -0.05) is 0 Å². The fourth-order valence-corrected chi connectivity index (χ4v) is 6.14. The molecule has 4 aliphatic rings. The zero-order valence-corrected chi connectivity index (χ0v) is 20.9. The maximum absolute atomic E-state index is 13.1. The van der Waals surface area contributed by atoms with Crippen LogP contribution in [0, 0.1) is 19.8 Å². The van der Waals surface area contributed by atoms with Crippen molar-refractivity contribution in [3.63, 3.8) is 0 Å². The predicted octanol–water partition coefficient (Wildman–Crippen LogP) is 3.98. The van der Waals surface area contributed by atoms with E-state index in [1.807, 2.05) is 32.9 Å². The molecule has 1 saturated heterocycles. The molecule has 37 heavy (non-hydrogen) atoms. The molecule has 1 aromatic carbocycles. The SMILES string of the molecule is Cc1oc2cc(Oc3ccnn4cc(C(=O)N5C[C@@H](O)[C@H]5C)c(C)c34)ccc2c1C(=O)NC12CC(C1)C2. The Labute approximate surface area is 213 Å². The summed E-state index contributed by atoms with van der Waals surface area (Å²) in [5.41, 5.74) is 3.12. The van der Waals surface area contributed by atoms with E-state index in [0.717, 1.165) is 36.1 Å². The van der Waals surface area contributed by atoms with Gasteiger partial charge in [0.15, 0.2) is 5.75 Å². The average molecular weight is 501 g/mol. The van der Waals surface area contributed by atoms with Gasteiger partial charge in [-0.3, -0.25) is 9.59 Å². The third-order valence-corrected chi connectivity index (χ3v) is 8.52. The molecule has 0 radical (unpaired) electrons. The molecule has 3 aliphatic carbocycles. The van der Waals surface area contributed by atoms with Crippen LogP contribution in [0.25, 0.3) is 16.5 Å². The lowest BCUT2D eigenvalue weighted by Gasteiger charge is -2.61. The highest BCUT2D eigenvalue weighted by Gasteiger charge is 2.57. The molecule has 4 fully saturated rings. The van der Waals surface area contributed by atoms with Gasteiger partial charge in [-0.05, 0) is 63.6 Å². The second-order valence-corrected chi connectivity index (χ2v) is 10.9. The molecule has 2 N–H and O–H groups in total. The van der Waals surface area contributed by atoms with E-state index in [2.05, 4.69) is 10.4 Å². The van der Waals surface area contributed by atoms with E-state index in [1.165, 1.54) is 0 Å². The number of aryl methyl sites for hydroxylation is 2. The molecule has 0 spiro atoms. The number of benzene rings is 1. The fourth-order valence-electron chi connectivity index (χ4n) is 6.14. The number of fused-ring (bicyclic) bond motifs is 2. The van der Waals surface area contributed by atoms with Gasteiger partial charge in [0.05, 0.1) is 29.5 Å². The number of aliphatic hydroxyl groups excluding tert-OH is 1. The highest BCUT2D eigenvalue weighted by molar-refractivity contribution is 6.08.